The first-order chi connectivity index (χ1) is 17.7. The number of carbonyl (C=O) groups is 4. The SMILES string of the molecule is NC(Cc1c[nH]c2ccccc12)C(=O)NC(Cc1cnc[nH]1)C(=O)NC(CO)C(=O)NC(CO)C(=O)O. The van der Waals surface area contributed by atoms with E-state index in [0.29, 0.717) is 5.69 Å². The van der Waals surface area contributed by atoms with Crippen molar-refractivity contribution >= 4 is 34.6 Å². The minimum absolute atomic E-state index is 0.0362. The monoisotopic (exact) mass is 515 g/mol. The van der Waals surface area contributed by atoms with E-state index in [0.717, 1.165) is 16.5 Å². The number of carbonyl (C=O) groups excluding carboxylic acids is 3. The van der Waals surface area contributed by atoms with E-state index in [2.05, 4.69) is 25.6 Å². The number of H-pyrrole nitrogens is 2. The number of imidazole rings is 1. The van der Waals surface area contributed by atoms with Crippen LogP contribution in [-0.2, 0) is 32.0 Å². The second kappa shape index (κ2) is 12.6. The molecule has 0 saturated heterocycles. The number of aromatic nitrogens is 3. The van der Waals surface area contributed by atoms with Crippen LogP contribution in [0.5, 0.6) is 0 Å². The lowest BCUT2D eigenvalue weighted by atomic mass is 10.0. The minimum Gasteiger partial charge on any atom is -0.480 e. The molecular formula is C23H29N7O7. The number of para-hydroxylation sites is 1. The van der Waals surface area contributed by atoms with Gasteiger partial charge in [-0.2, -0.15) is 0 Å². The summed E-state index contributed by atoms with van der Waals surface area (Å²) in [4.78, 5) is 59.2. The number of aliphatic carboxylic acids is 1. The first-order valence-electron chi connectivity index (χ1n) is 11.4. The number of aromatic amines is 2. The Hall–Kier alpha value is -4.27. The maximum absolute atomic E-state index is 13.0. The zero-order valence-corrected chi connectivity index (χ0v) is 19.7. The Kier molecular flexibility index (Phi) is 9.32. The molecule has 3 aromatic rings. The van der Waals surface area contributed by atoms with Crippen LogP contribution in [0.25, 0.3) is 10.9 Å². The largest absolute Gasteiger partial charge is 0.480 e. The lowest BCUT2D eigenvalue weighted by Crippen LogP contribution is -2.59. The standard InChI is InChI=1S/C23H29N7O7/c24-15(5-12-7-26-16-4-2-1-3-14(12)16)20(33)28-17(6-13-8-25-11-27-13)21(34)29-18(9-31)22(35)30-19(10-32)23(36)37/h1-4,7-8,11,15,17-19,26,31-32H,5-6,9-10,24H2,(H,25,27)(H,28,33)(H,29,34)(H,30,35)(H,36,37). The number of rotatable bonds is 13. The molecule has 1 aromatic carbocycles. The van der Waals surface area contributed by atoms with Crippen molar-refractivity contribution in [2.75, 3.05) is 13.2 Å². The topological polar surface area (TPSA) is 236 Å². The number of amides is 3. The number of nitrogens with two attached hydrogens (primary N) is 1. The summed E-state index contributed by atoms with van der Waals surface area (Å²) in [5.74, 6) is -3.97. The number of aliphatic hydroxyl groups is 2. The second-order valence-electron chi connectivity index (χ2n) is 8.34. The fourth-order valence-electron chi connectivity index (χ4n) is 3.66. The van der Waals surface area contributed by atoms with E-state index in [9.17, 15) is 24.3 Å². The Morgan fingerprint density at radius 3 is 2.19 bits per heavy atom. The van der Waals surface area contributed by atoms with Crippen molar-refractivity contribution in [1.82, 2.24) is 30.9 Å². The van der Waals surface area contributed by atoms with Gasteiger partial charge in [0.1, 0.15) is 18.1 Å². The van der Waals surface area contributed by atoms with Gasteiger partial charge in [0.05, 0.1) is 25.6 Å². The molecule has 0 aliphatic heterocycles. The third-order valence-corrected chi connectivity index (χ3v) is 5.68. The maximum Gasteiger partial charge on any atom is 0.328 e. The summed E-state index contributed by atoms with van der Waals surface area (Å²) in [5, 5.41) is 35.5. The Labute approximate surface area is 210 Å². The predicted molar refractivity (Wildman–Crippen MR) is 130 cm³/mol. The van der Waals surface area contributed by atoms with Gasteiger partial charge >= 0.3 is 5.97 Å². The molecule has 2 heterocycles. The Balaban J connectivity index is 1.69. The summed E-state index contributed by atoms with van der Waals surface area (Å²) >= 11 is 0. The van der Waals surface area contributed by atoms with Gasteiger partial charge in [-0.3, -0.25) is 14.4 Å². The highest BCUT2D eigenvalue weighted by molar-refractivity contribution is 5.94. The zero-order chi connectivity index (χ0) is 26.9. The minimum atomic E-state index is -1.62. The molecule has 0 spiro atoms. The summed E-state index contributed by atoms with van der Waals surface area (Å²) in [5.41, 5.74) is 8.35. The highest BCUT2D eigenvalue weighted by Crippen LogP contribution is 2.18. The van der Waals surface area contributed by atoms with E-state index in [1.165, 1.54) is 12.5 Å². The Morgan fingerprint density at radius 1 is 0.892 bits per heavy atom. The van der Waals surface area contributed by atoms with E-state index in [-0.39, 0.29) is 12.8 Å². The maximum atomic E-state index is 13.0. The van der Waals surface area contributed by atoms with Crippen LogP contribution < -0.4 is 21.7 Å². The molecule has 14 heteroatoms. The van der Waals surface area contributed by atoms with Gasteiger partial charge in [0.15, 0.2) is 0 Å². The average Bonchev–Trinajstić information content (AvgIpc) is 3.55. The van der Waals surface area contributed by atoms with Gasteiger partial charge in [0, 0.05) is 35.4 Å². The fraction of sp³-hybridized carbons (Fsp3) is 0.348. The van der Waals surface area contributed by atoms with Gasteiger partial charge in [-0.1, -0.05) is 18.2 Å². The number of nitrogens with zero attached hydrogens (tertiary/aromatic N) is 1. The van der Waals surface area contributed by atoms with E-state index >= 15 is 0 Å². The zero-order valence-electron chi connectivity index (χ0n) is 19.7. The molecule has 0 aliphatic rings. The normalized spacial score (nSPS) is 14.4. The van der Waals surface area contributed by atoms with Gasteiger partial charge in [0.2, 0.25) is 17.7 Å². The molecule has 4 unspecified atom stereocenters. The highest BCUT2D eigenvalue weighted by Gasteiger charge is 2.30. The summed E-state index contributed by atoms with van der Waals surface area (Å²) in [6, 6.07) is 2.14. The van der Waals surface area contributed by atoms with E-state index in [1.807, 2.05) is 29.6 Å². The van der Waals surface area contributed by atoms with Crippen molar-refractivity contribution in [3.63, 3.8) is 0 Å². The first kappa shape index (κ1) is 27.3. The van der Waals surface area contributed by atoms with Crippen molar-refractivity contribution in [3.8, 4) is 0 Å². The van der Waals surface area contributed by atoms with Gasteiger partial charge in [-0.25, -0.2) is 9.78 Å². The Bertz CT molecular complexity index is 1230. The molecule has 198 valence electrons. The number of nitrogens with one attached hydrogen (secondary N) is 5. The van der Waals surface area contributed by atoms with E-state index in [4.69, 9.17) is 15.9 Å². The lowest BCUT2D eigenvalue weighted by Gasteiger charge is -2.24. The van der Waals surface area contributed by atoms with Crippen LogP contribution in [0.3, 0.4) is 0 Å². The molecule has 0 fully saturated rings. The number of hydrogen-bond donors (Lipinski definition) is 9. The number of carboxylic acid groups (broad SMARTS) is 1. The van der Waals surface area contributed by atoms with E-state index in [1.54, 1.807) is 6.20 Å². The van der Waals surface area contributed by atoms with E-state index < -0.39 is 61.1 Å². The summed E-state index contributed by atoms with van der Waals surface area (Å²) in [6.45, 7) is -1.75. The lowest BCUT2D eigenvalue weighted by molar-refractivity contribution is -0.143. The van der Waals surface area contributed by atoms with Crippen molar-refractivity contribution < 1.29 is 34.5 Å². The molecule has 0 radical (unpaired) electrons. The smallest absolute Gasteiger partial charge is 0.328 e. The molecule has 3 rings (SSSR count). The molecule has 0 aliphatic carbocycles. The molecule has 2 aromatic heterocycles. The second-order valence-corrected chi connectivity index (χ2v) is 8.34. The van der Waals surface area contributed by atoms with Crippen LogP contribution in [0.1, 0.15) is 11.3 Å². The molecule has 4 atom stereocenters. The molecule has 14 nitrogen and oxygen atoms in total. The number of aliphatic hydroxyl groups excluding tert-OH is 2. The van der Waals surface area contributed by atoms with Gasteiger partial charge in [0.25, 0.3) is 0 Å². The van der Waals surface area contributed by atoms with Crippen molar-refractivity contribution in [2.24, 2.45) is 5.73 Å². The van der Waals surface area contributed by atoms with Crippen molar-refractivity contribution in [3.05, 3.63) is 54.2 Å². The Morgan fingerprint density at radius 2 is 1.54 bits per heavy atom. The first-order valence-corrected chi connectivity index (χ1v) is 11.4. The average molecular weight is 516 g/mol. The van der Waals surface area contributed by atoms with Gasteiger partial charge in [-0.15, -0.1) is 0 Å². The summed E-state index contributed by atoms with van der Waals surface area (Å²) in [6.07, 6.45) is 4.75. The summed E-state index contributed by atoms with van der Waals surface area (Å²) in [7, 11) is 0. The van der Waals surface area contributed by atoms with Crippen LogP contribution in [0, 0.1) is 0 Å². The molecule has 0 bridgehead atoms. The van der Waals surface area contributed by atoms with Crippen LogP contribution in [0.15, 0.2) is 43.0 Å². The highest BCUT2D eigenvalue weighted by atomic mass is 16.4. The fourth-order valence-corrected chi connectivity index (χ4v) is 3.66. The molecule has 0 saturated carbocycles. The van der Waals surface area contributed by atoms with Gasteiger partial charge < -0.3 is 47.0 Å². The van der Waals surface area contributed by atoms with Crippen LogP contribution in [0.4, 0.5) is 0 Å². The van der Waals surface area contributed by atoms with Gasteiger partial charge in [-0.05, 0) is 18.1 Å². The third-order valence-electron chi connectivity index (χ3n) is 5.68. The molecule has 3 amide bonds. The quantitative estimate of drug-likeness (QED) is 0.117. The number of fused-ring (bicyclic) bond motifs is 1. The molecular weight excluding hydrogens is 486 g/mol. The number of benzene rings is 1. The third kappa shape index (κ3) is 7.13. The predicted octanol–water partition coefficient (Wildman–Crippen LogP) is -2.47. The summed E-state index contributed by atoms with van der Waals surface area (Å²) < 4.78 is 0. The van der Waals surface area contributed by atoms with Crippen molar-refractivity contribution in [1.29, 1.82) is 0 Å². The van der Waals surface area contributed by atoms with Crippen LogP contribution >= 0.6 is 0 Å². The van der Waals surface area contributed by atoms with Crippen LogP contribution in [-0.4, -0.2) is 91.3 Å². The molecule has 37 heavy (non-hydrogen) atoms. The van der Waals surface area contributed by atoms with Crippen molar-refractivity contribution in [2.45, 2.75) is 37.0 Å². The number of carboxylic acids is 1. The molecule has 10 N–H and O–H groups in total. The number of hydrogen-bond acceptors (Lipinski definition) is 8. The van der Waals surface area contributed by atoms with Crippen LogP contribution in [0.2, 0.25) is 0 Å².